The van der Waals surface area contributed by atoms with Crippen LogP contribution in [0.4, 0.5) is 5.69 Å². The third kappa shape index (κ3) is 4.14. The molecule has 0 saturated carbocycles. The van der Waals surface area contributed by atoms with Gasteiger partial charge in [0.15, 0.2) is 9.84 Å². The number of anilines is 1. The van der Waals surface area contributed by atoms with Crippen LogP contribution in [0.3, 0.4) is 0 Å². The predicted octanol–water partition coefficient (Wildman–Crippen LogP) is 3.17. The molecule has 0 spiro atoms. The minimum atomic E-state index is -3.29. The summed E-state index contributed by atoms with van der Waals surface area (Å²) in [6, 6.07) is 10.9. The first-order chi connectivity index (χ1) is 14.3. The van der Waals surface area contributed by atoms with Crippen LogP contribution in [0.1, 0.15) is 41.9 Å². The molecule has 156 valence electrons. The first kappa shape index (κ1) is 20.3. The molecule has 0 aliphatic carbocycles. The summed E-state index contributed by atoms with van der Waals surface area (Å²) in [4.78, 5) is 30.4. The number of carbonyl (C=O) groups excluding carboxylic acids is 1. The Morgan fingerprint density at radius 3 is 2.50 bits per heavy atom. The number of benzene rings is 2. The van der Waals surface area contributed by atoms with Crippen LogP contribution in [0, 0.1) is 0 Å². The summed E-state index contributed by atoms with van der Waals surface area (Å²) in [5, 5.41) is 3.26. The van der Waals surface area contributed by atoms with Crippen molar-refractivity contribution < 1.29 is 13.2 Å². The number of rotatable bonds is 3. The molecule has 0 fully saturated rings. The van der Waals surface area contributed by atoms with E-state index in [1.54, 1.807) is 34.9 Å². The van der Waals surface area contributed by atoms with Gasteiger partial charge in [-0.25, -0.2) is 13.4 Å². The minimum Gasteiger partial charge on any atom is -0.322 e. The lowest BCUT2D eigenvalue weighted by molar-refractivity contribution is 0.102. The van der Waals surface area contributed by atoms with Crippen molar-refractivity contribution in [1.29, 1.82) is 0 Å². The minimum absolute atomic E-state index is 0.0554. The lowest BCUT2D eigenvalue weighted by Crippen LogP contribution is -2.26. The van der Waals surface area contributed by atoms with Crippen LogP contribution >= 0.6 is 0 Å². The highest BCUT2D eigenvalue weighted by molar-refractivity contribution is 7.90. The van der Waals surface area contributed by atoms with Crippen LogP contribution in [-0.4, -0.2) is 30.1 Å². The zero-order chi connectivity index (χ0) is 21.3. The number of carbonyl (C=O) groups is 1. The molecule has 0 unspecified atom stereocenters. The number of hydrogen-bond donors (Lipinski definition) is 1. The molecule has 2 heterocycles. The van der Waals surface area contributed by atoms with E-state index in [1.165, 1.54) is 12.1 Å². The van der Waals surface area contributed by atoms with Crippen LogP contribution in [0.15, 0.2) is 52.2 Å². The molecule has 1 N–H and O–H groups in total. The fourth-order valence-corrected chi connectivity index (χ4v) is 4.36. The van der Waals surface area contributed by atoms with Crippen LogP contribution < -0.4 is 10.9 Å². The van der Waals surface area contributed by atoms with Gasteiger partial charge in [0.1, 0.15) is 5.82 Å². The van der Waals surface area contributed by atoms with Gasteiger partial charge in [-0.1, -0.05) is 12.8 Å². The van der Waals surface area contributed by atoms with E-state index in [0.717, 1.165) is 44.2 Å². The largest absolute Gasteiger partial charge is 0.322 e. The van der Waals surface area contributed by atoms with E-state index >= 15 is 0 Å². The van der Waals surface area contributed by atoms with Gasteiger partial charge >= 0.3 is 0 Å². The molecule has 8 heteroatoms. The Bertz CT molecular complexity index is 1280. The van der Waals surface area contributed by atoms with Crippen LogP contribution in [0.5, 0.6) is 0 Å². The number of fused-ring (bicyclic) bond motifs is 2. The van der Waals surface area contributed by atoms with E-state index in [9.17, 15) is 18.0 Å². The van der Waals surface area contributed by atoms with Crippen molar-refractivity contribution >= 4 is 32.3 Å². The summed E-state index contributed by atoms with van der Waals surface area (Å²) < 4.78 is 24.9. The van der Waals surface area contributed by atoms with Gasteiger partial charge in [-0.3, -0.25) is 14.2 Å². The van der Waals surface area contributed by atoms with Crippen molar-refractivity contribution in [2.24, 2.45) is 0 Å². The second-order valence-electron chi connectivity index (χ2n) is 7.63. The van der Waals surface area contributed by atoms with Crippen molar-refractivity contribution in [3.8, 4) is 0 Å². The summed E-state index contributed by atoms with van der Waals surface area (Å²) in [6.45, 7) is 0.683. The molecule has 0 atom stereocenters. The third-order valence-corrected chi connectivity index (χ3v) is 6.50. The number of hydrogen-bond acceptors (Lipinski definition) is 5. The van der Waals surface area contributed by atoms with Gasteiger partial charge < -0.3 is 5.32 Å². The molecule has 30 heavy (non-hydrogen) atoms. The van der Waals surface area contributed by atoms with Crippen molar-refractivity contribution in [3.05, 3.63) is 64.2 Å². The van der Waals surface area contributed by atoms with Crippen LogP contribution in [-0.2, 0) is 22.8 Å². The Kier molecular flexibility index (Phi) is 5.42. The number of amides is 1. The summed E-state index contributed by atoms with van der Waals surface area (Å²) in [7, 11) is -3.29. The van der Waals surface area contributed by atoms with E-state index in [-0.39, 0.29) is 16.4 Å². The van der Waals surface area contributed by atoms with Crippen LogP contribution in [0.25, 0.3) is 10.9 Å². The van der Waals surface area contributed by atoms with Crippen LogP contribution in [0.2, 0.25) is 0 Å². The van der Waals surface area contributed by atoms with Gasteiger partial charge in [-0.05, 0) is 55.3 Å². The normalized spacial score (nSPS) is 14.6. The summed E-state index contributed by atoms with van der Waals surface area (Å²) in [6.07, 6.45) is 6.12. The van der Waals surface area contributed by atoms with E-state index in [0.29, 0.717) is 28.7 Å². The second-order valence-corrected chi connectivity index (χ2v) is 9.65. The molecule has 0 bridgehead atoms. The smallest absolute Gasteiger partial charge is 0.261 e. The lowest BCUT2D eigenvalue weighted by Gasteiger charge is -2.16. The highest BCUT2D eigenvalue weighted by atomic mass is 32.2. The summed E-state index contributed by atoms with van der Waals surface area (Å²) in [5.74, 6) is 0.429. The topological polar surface area (TPSA) is 98.1 Å². The number of nitrogens with one attached hydrogen (secondary N) is 1. The highest BCUT2D eigenvalue weighted by Crippen LogP contribution is 2.18. The maximum absolute atomic E-state index is 12.9. The first-order valence-electron chi connectivity index (χ1n) is 9.98. The van der Waals surface area contributed by atoms with Gasteiger partial charge in [0.05, 0.1) is 15.8 Å². The van der Waals surface area contributed by atoms with Gasteiger partial charge in [-0.2, -0.15) is 0 Å². The van der Waals surface area contributed by atoms with Crippen molar-refractivity contribution in [2.45, 2.75) is 43.5 Å². The maximum Gasteiger partial charge on any atom is 0.261 e. The fraction of sp³-hybridized carbons (Fsp3) is 0.318. The SMILES string of the molecule is CS(=O)(=O)c1ccc(NC(=O)c2ccc3c(=O)n4c(nc3c2)CCCCCC4)cc1. The van der Waals surface area contributed by atoms with Gasteiger partial charge in [0.2, 0.25) is 0 Å². The lowest BCUT2D eigenvalue weighted by atomic mass is 10.1. The van der Waals surface area contributed by atoms with E-state index < -0.39 is 9.84 Å². The van der Waals surface area contributed by atoms with Gasteiger partial charge in [0.25, 0.3) is 11.5 Å². The Labute approximate surface area is 174 Å². The second kappa shape index (κ2) is 8.02. The number of aromatic nitrogens is 2. The van der Waals surface area contributed by atoms with E-state index in [4.69, 9.17) is 0 Å². The van der Waals surface area contributed by atoms with Gasteiger partial charge in [-0.15, -0.1) is 0 Å². The van der Waals surface area contributed by atoms with Crippen molar-refractivity contribution in [1.82, 2.24) is 9.55 Å². The molecule has 1 aromatic heterocycles. The van der Waals surface area contributed by atoms with E-state index in [1.807, 2.05) is 0 Å². The molecule has 1 amide bonds. The molecule has 0 radical (unpaired) electrons. The Hall–Kier alpha value is -3.00. The molecule has 7 nitrogen and oxygen atoms in total. The third-order valence-electron chi connectivity index (χ3n) is 5.37. The van der Waals surface area contributed by atoms with Gasteiger partial charge in [0, 0.05) is 30.5 Å². The zero-order valence-electron chi connectivity index (χ0n) is 16.7. The molecular formula is C22H23N3O4S. The molecular weight excluding hydrogens is 402 g/mol. The molecule has 1 aliphatic heterocycles. The average molecular weight is 426 g/mol. The molecule has 1 aliphatic rings. The molecule has 0 saturated heterocycles. The summed E-state index contributed by atoms with van der Waals surface area (Å²) >= 11 is 0. The van der Waals surface area contributed by atoms with Crippen molar-refractivity contribution in [3.63, 3.8) is 0 Å². The zero-order valence-corrected chi connectivity index (χ0v) is 17.5. The number of nitrogens with zero attached hydrogens (tertiary/aromatic N) is 2. The van der Waals surface area contributed by atoms with E-state index in [2.05, 4.69) is 10.3 Å². The molecule has 4 rings (SSSR count). The fourth-order valence-electron chi connectivity index (χ4n) is 3.73. The standard InChI is InChI=1S/C22H23N3O4S/c1-30(28,29)17-10-8-16(9-11-17)23-21(26)15-7-12-18-19(14-15)24-20-6-4-2-3-5-13-25(20)22(18)27/h7-12,14H,2-6,13H2,1H3,(H,23,26). The Morgan fingerprint density at radius 2 is 1.77 bits per heavy atom. The monoisotopic (exact) mass is 425 g/mol. The average Bonchev–Trinajstić information content (AvgIpc) is 2.69. The highest BCUT2D eigenvalue weighted by Gasteiger charge is 2.15. The summed E-state index contributed by atoms with van der Waals surface area (Å²) in [5.41, 5.74) is 1.34. The molecule has 3 aromatic rings. The Morgan fingerprint density at radius 1 is 1.03 bits per heavy atom. The first-order valence-corrected chi connectivity index (χ1v) is 11.9. The van der Waals surface area contributed by atoms with Crippen molar-refractivity contribution in [2.75, 3.05) is 11.6 Å². The number of aryl methyl sites for hydroxylation is 1. The quantitative estimate of drug-likeness (QED) is 0.695. The number of sulfone groups is 1. The molecule has 2 aromatic carbocycles. The maximum atomic E-state index is 12.9. The Balaban J connectivity index is 1.63. The predicted molar refractivity (Wildman–Crippen MR) is 116 cm³/mol.